The Bertz CT molecular complexity index is 7710. The number of ether oxygens (including phenoxy) is 5. The zero-order valence-corrected chi connectivity index (χ0v) is 91.4. The first-order chi connectivity index (χ1) is 72.5. The maximum Gasteiger partial charge on any atom is 0.244 e. The molecule has 2 N–H and O–H groups in total. The summed E-state index contributed by atoms with van der Waals surface area (Å²) < 4.78 is 79.5. The van der Waals surface area contributed by atoms with Crippen molar-refractivity contribution in [2.24, 2.45) is 5.73 Å². The van der Waals surface area contributed by atoms with Crippen LogP contribution in [-0.2, 0) is 73.1 Å². The summed E-state index contributed by atoms with van der Waals surface area (Å²) in [7, 11) is 4.34. The van der Waals surface area contributed by atoms with Crippen molar-refractivity contribution in [3.63, 3.8) is 0 Å². The Hall–Kier alpha value is -13.6. The third-order valence-electron chi connectivity index (χ3n) is 26.1. The number of benzene rings is 5. The second-order valence-corrected chi connectivity index (χ2v) is 41.2. The molecule has 41 nitrogen and oxygen atoms in total. The quantitative estimate of drug-likeness (QED) is 0.0581. The van der Waals surface area contributed by atoms with E-state index in [0.717, 1.165) is 95.5 Å². The maximum absolute atomic E-state index is 14.5. The predicted molar refractivity (Wildman–Crippen MR) is 586 cm³/mol. The minimum Gasteiger partial charge on any atom is -0.495 e. The van der Waals surface area contributed by atoms with E-state index in [-0.39, 0.29) is 78.4 Å². The first-order valence-electron chi connectivity index (χ1n) is 47.5. The highest BCUT2D eigenvalue weighted by Crippen LogP contribution is 2.39. The van der Waals surface area contributed by atoms with E-state index in [4.69, 9.17) is 91.9 Å². The number of piperazine rings is 5. The summed E-state index contributed by atoms with van der Waals surface area (Å²) in [4.78, 5) is 110. The highest BCUT2D eigenvalue weighted by atomic mass is 127. The van der Waals surface area contributed by atoms with Gasteiger partial charge in [0.25, 0.3) is 0 Å². The molecule has 50 heteroatoms. The van der Waals surface area contributed by atoms with Crippen LogP contribution < -0.4 is 53.9 Å². The minimum absolute atomic E-state index is 0.0203. The van der Waals surface area contributed by atoms with E-state index in [0.29, 0.717) is 199 Å². The Morgan fingerprint density at radius 3 is 1.09 bits per heavy atom. The van der Waals surface area contributed by atoms with Crippen molar-refractivity contribution in [1.82, 2.24) is 108 Å². The lowest BCUT2D eigenvalue weighted by molar-refractivity contribution is -0.134. The van der Waals surface area contributed by atoms with E-state index < -0.39 is 15.7 Å². The van der Waals surface area contributed by atoms with Crippen LogP contribution in [0.15, 0.2) is 193 Å². The Morgan fingerprint density at radius 2 is 0.720 bits per heavy atom. The molecule has 0 radical (unpaired) electrons. The first-order valence-corrected chi connectivity index (χ1v) is 53.5. The standard InChI is InChI=1S/C21H20ClN7O3.C20H20ClFIN5O2.C20H23ClN6O2.C20H22ClN5O4S.C19H19ClIN5O2/c1-31-17-11-14(4-5-16(17)22)27-7-9-28(10-8-27)18(30)12-29-21-15(3-2-6-23-21)19(25-29)20-24-13-32-26-20;1-12-10-26(16-9-17(30-2)14(21)8-15(16)22)6-7-27(12)18(29)11-28-20-13(19(23)25-28)4-3-5-24-20;1-29-18-11-14(4-5-16(18)21)25-7-9-26(10-8-25)19(28)13-27-20-15(3-2-6-23-20)17(12-22)24-27;1-30-17-12-14(5-6-16(17)21)24-8-10-25(11-9-24)18(27)13-26-19-15(4-3-7-22-19)20(23-26)31(2,28)29;1-28-16-11-13(4-5-15(16)20)24-7-9-25(10-8-24)17(27)12-26-19-14(18(21)23-26)3-2-6-22-19/h2-6,11,13H,7-10,12H2,1H3;3-5,8-9,12H,6-7,10-11H2,1-2H3;2-6,11H,7-10,12-13,22H2,1H3;3-7,12H,8-11,13H2,1-2H3;2-6,11H,7-10,12H2,1H3/t;12-;;;/m.0.../s1. The normalized spacial score (nSPS) is 15.0. The molecular formula is C100H104Cl5FI2N28O13S. The minimum atomic E-state index is -3.54. The summed E-state index contributed by atoms with van der Waals surface area (Å²) >= 11 is 34.8. The molecule has 0 bridgehead atoms. The Kier molecular flexibility index (Phi) is 34.9. The van der Waals surface area contributed by atoms with Gasteiger partial charge in [0, 0.05) is 233 Å². The largest absolute Gasteiger partial charge is 0.495 e. The second-order valence-electron chi connectivity index (χ2n) is 35.1. The van der Waals surface area contributed by atoms with Crippen LogP contribution in [0.2, 0.25) is 25.1 Å². The van der Waals surface area contributed by atoms with Gasteiger partial charge in [-0.15, -0.1) is 0 Å². The van der Waals surface area contributed by atoms with Crippen LogP contribution in [0.1, 0.15) is 12.6 Å². The first kappa shape index (κ1) is 108. The van der Waals surface area contributed by atoms with E-state index in [1.54, 1.807) is 107 Å². The second kappa shape index (κ2) is 48.6. The SMILES string of the molecule is COc1cc(N2CCN(C(=O)Cn3nc(-c4ncon4)c4cccnc43)CC2)ccc1Cl.COc1cc(N2CCN(C(=O)Cn3nc(CN)c4cccnc43)CC2)ccc1Cl.COc1cc(N2CCN(C(=O)Cn3nc(I)c4cccnc43)CC2)ccc1Cl.COc1cc(N2CCN(C(=O)Cn3nc(I)c4cccnc43)[C@@H](C)C2)c(F)cc1Cl.COc1cc(N2CCN(C(=O)Cn3nc(S(C)(=O)=O)c4cccnc43)CC2)ccc1Cl. The summed E-state index contributed by atoms with van der Waals surface area (Å²) in [6.45, 7) is 14.8. The number of halogens is 8. The number of nitrogens with two attached hydrogens (primary N) is 1. The molecule has 5 aliphatic rings. The molecule has 784 valence electrons. The van der Waals surface area contributed by atoms with Gasteiger partial charge in [-0.25, -0.2) is 61.1 Å². The highest BCUT2D eigenvalue weighted by Gasteiger charge is 2.34. The number of hydrogen-bond donors (Lipinski definition) is 1. The third kappa shape index (κ3) is 24.7. The molecule has 5 aliphatic heterocycles. The van der Waals surface area contributed by atoms with Crippen LogP contribution in [0, 0.1) is 13.2 Å². The van der Waals surface area contributed by atoms with Crippen molar-refractivity contribution >= 4 is 226 Å². The third-order valence-corrected chi connectivity index (χ3v) is 30.2. The van der Waals surface area contributed by atoms with Gasteiger partial charge in [-0.05, 0) is 167 Å². The number of pyridine rings is 5. The number of amides is 5. The van der Waals surface area contributed by atoms with Crippen molar-refractivity contribution in [1.29, 1.82) is 0 Å². The van der Waals surface area contributed by atoms with E-state index in [9.17, 15) is 36.8 Å². The fraction of sp³-hybridized carbons (Fsp3) is 0.330. The van der Waals surface area contributed by atoms with E-state index in [1.165, 1.54) is 24.3 Å². The molecule has 0 unspecified atom stereocenters. The summed E-state index contributed by atoms with van der Waals surface area (Å²) in [5.41, 5.74) is 14.7. The van der Waals surface area contributed by atoms with Gasteiger partial charge in [0.1, 0.15) is 80.4 Å². The van der Waals surface area contributed by atoms with E-state index in [2.05, 4.69) is 125 Å². The number of sulfone groups is 1. The lowest BCUT2D eigenvalue weighted by Crippen LogP contribution is -2.55. The van der Waals surface area contributed by atoms with Crippen molar-refractivity contribution in [2.45, 2.75) is 57.3 Å². The summed E-state index contributed by atoms with van der Waals surface area (Å²) in [6.07, 6.45) is 10.7. The predicted octanol–water partition coefficient (Wildman–Crippen LogP) is 12.9. The molecule has 16 heterocycles. The summed E-state index contributed by atoms with van der Waals surface area (Å²) in [5.74, 6) is 2.82. The number of carbonyl (C=O) groups excluding carboxylic acids is 5. The molecule has 5 saturated heterocycles. The molecule has 1 atom stereocenters. The molecule has 0 saturated carbocycles. The van der Waals surface area contributed by atoms with Crippen molar-refractivity contribution in [3.8, 4) is 40.3 Å². The number of anilines is 5. The number of hydrogen-bond acceptors (Lipinski definition) is 31. The number of nitrogens with zero attached hydrogens (tertiary/aromatic N) is 27. The van der Waals surface area contributed by atoms with Gasteiger partial charge in [0.15, 0.2) is 43.1 Å². The fourth-order valence-corrected chi connectivity index (χ4v) is 21.4. The van der Waals surface area contributed by atoms with Crippen LogP contribution in [0.3, 0.4) is 0 Å². The number of rotatable bonds is 23. The molecule has 5 fully saturated rings. The lowest BCUT2D eigenvalue weighted by atomic mass is 10.1. The van der Waals surface area contributed by atoms with Gasteiger partial charge in [0.05, 0.1) is 93.6 Å². The van der Waals surface area contributed by atoms with E-state index in [1.807, 2.05) is 147 Å². The molecule has 150 heavy (non-hydrogen) atoms. The topological polar surface area (TPSA) is 417 Å². The van der Waals surface area contributed by atoms with Crippen LogP contribution in [-0.4, -0.2) is 319 Å². The van der Waals surface area contributed by atoms with Gasteiger partial charge in [0.2, 0.25) is 41.8 Å². The molecule has 5 aromatic carbocycles. The van der Waals surface area contributed by atoms with Gasteiger partial charge in [-0.3, -0.25) is 24.0 Å². The van der Waals surface area contributed by atoms with Crippen LogP contribution in [0.5, 0.6) is 28.7 Å². The molecule has 21 rings (SSSR count). The van der Waals surface area contributed by atoms with Crippen molar-refractivity contribution in [2.75, 3.05) is 191 Å². The van der Waals surface area contributed by atoms with Gasteiger partial charge >= 0.3 is 0 Å². The number of aromatic nitrogens is 17. The molecule has 0 spiro atoms. The highest BCUT2D eigenvalue weighted by molar-refractivity contribution is 14.1. The molecule has 0 aliphatic carbocycles. The average Bonchev–Trinajstić information content (AvgIpc) is 1.66. The Balaban J connectivity index is 0.000000128. The molecule has 16 aromatic rings. The lowest BCUT2D eigenvalue weighted by Gasteiger charge is -2.41. The van der Waals surface area contributed by atoms with Gasteiger partial charge < -0.3 is 82.9 Å². The number of methoxy groups -OCH3 is 5. The Labute approximate surface area is 913 Å². The van der Waals surface area contributed by atoms with Gasteiger partial charge in [-0.1, -0.05) is 63.2 Å². The van der Waals surface area contributed by atoms with Gasteiger partial charge in [-0.2, -0.15) is 30.5 Å². The molecule has 5 amide bonds. The molecule has 11 aromatic heterocycles. The monoisotopic (exact) mass is 2380 g/mol. The van der Waals surface area contributed by atoms with Crippen LogP contribution in [0.4, 0.5) is 32.8 Å². The smallest absolute Gasteiger partial charge is 0.244 e. The summed E-state index contributed by atoms with van der Waals surface area (Å²) in [6, 6.07) is 43.9. The molecular weight excluding hydrogens is 2280 g/mol. The average molecular weight is 2390 g/mol. The van der Waals surface area contributed by atoms with Crippen molar-refractivity contribution < 1.29 is 65.0 Å². The van der Waals surface area contributed by atoms with Crippen LogP contribution >= 0.6 is 103 Å². The van der Waals surface area contributed by atoms with Crippen molar-refractivity contribution in [3.05, 3.63) is 227 Å². The van der Waals surface area contributed by atoms with E-state index >= 15 is 0 Å². The number of carbonyl (C=O) groups is 5. The zero-order chi connectivity index (χ0) is 106. The number of fused-ring (bicyclic) bond motifs is 5. The fourth-order valence-electron chi connectivity index (χ4n) is 18.3. The zero-order valence-electron chi connectivity index (χ0n) is 82.5. The van der Waals surface area contributed by atoms with Crippen LogP contribution in [0.25, 0.3) is 66.7 Å². The summed E-state index contributed by atoms with van der Waals surface area (Å²) in [5, 5.41) is 32.4. The Morgan fingerprint density at radius 1 is 0.393 bits per heavy atom. The maximum atomic E-state index is 14.5.